The van der Waals surface area contributed by atoms with Crippen molar-refractivity contribution >= 4 is 16.1 Å². The van der Waals surface area contributed by atoms with Crippen LogP contribution in [0, 0.1) is 6.92 Å². The molecule has 0 radical (unpaired) electrons. The summed E-state index contributed by atoms with van der Waals surface area (Å²) in [5.41, 5.74) is -2.34. The molecule has 5 rings (SSSR count). The SMILES string of the molecule is CCCCCCn1c(=O)n2n(c1=O)[C@@H]1CN(S(=O)(=O)c3ccc(C)cc3)C[C@]1(O)[C@@H](OC(=O)NCc1ccco1)C2. The number of furan rings is 1. The third-order valence-electron chi connectivity index (χ3n) is 7.84. The average Bonchev–Trinajstić information content (AvgIpc) is 3.65. The number of nitrogens with zero attached hydrogens (tertiary/aromatic N) is 4. The largest absolute Gasteiger partial charge is 0.467 e. The van der Waals surface area contributed by atoms with Crippen LogP contribution in [0.1, 0.15) is 50.0 Å². The third kappa shape index (κ3) is 5.38. The van der Waals surface area contributed by atoms with Gasteiger partial charge in [-0.05, 0) is 37.6 Å². The van der Waals surface area contributed by atoms with Crippen molar-refractivity contribution in [3.05, 3.63) is 75.0 Å². The van der Waals surface area contributed by atoms with Gasteiger partial charge in [0.05, 0.1) is 24.2 Å². The molecule has 2 aromatic heterocycles. The zero-order chi connectivity index (χ0) is 29.4. The van der Waals surface area contributed by atoms with Crippen molar-refractivity contribution in [2.75, 3.05) is 13.1 Å². The second-order valence-electron chi connectivity index (χ2n) is 10.6. The minimum absolute atomic E-state index is 0.0210. The van der Waals surface area contributed by atoms with Crippen molar-refractivity contribution in [2.45, 2.75) is 81.8 Å². The zero-order valence-corrected chi connectivity index (χ0v) is 23.9. The number of amides is 1. The number of carbonyl (C=O) groups excluding carboxylic acids is 1. The van der Waals surface area contributed by atoms with Crippen LogP contribution in [0.4, 0.5) is 4.79 Å². The van der Waals surface area contributed by atoms with E-state index in [0.717, 1.165) is 43.1 Å². The molecule has 41 heavy (non-hydrogen) atoms. The van der Waals surface area contributed by atoms with Crippen molar-refractivity contribution in [2.24, 2.45) is 0 Å². The van der Waals surface area contributed by atoms with Gasteiger partial charge in [-0.3, -0.25) is 0 Å². The Morgan fingerprint density at radius 1 is 1.12 bits per heavy atom. The van der Waals surface area contributed by atoms with Crippen molar-refractivity contribution in [1.29, 1.82) is 0 Å². The number of aliphatic hydroxyl groups is 1. The van der Waals surface area contributed by atoms with E-state index in [2.05, 4.69) is 12.2 Å². The molecule has 1 aromatic carbocycles. The number of rotatable bonds is 10. The van der Waals surface area contributed by atoms with E-state index in [9.17, 15) is 27.9 Å². The van der Waals surface area contributed by atoms with E-state index in [-0.39, 0.29) is 31.1 Å². The highest BCUT2D eigenvalue weighted by atomic mass is 32.2. The smallest absolute Gasteiger partial charge is 0.407 e. The lowest BCUT2D eigenvalue weighted by atomic mass is 9.89. The van der Waals surface area contributed by atoms with Gasteiger partial charge in [0.15, 0.2) is 6.10 Å². The number of aryl methyl sites for hydroxylation is 1. The molecule has 0 saturated carbocycles. The summed E-state index contributed by atoms with van der Waals surface area (Å²) in [6.45, 7) is 3.05. The van der Waals surface area contributed by atoms with Crippen LogP contribution >= 0.6 is 0 Å². The molecule has 0 unspecified atom stereocenters. The lowest BCUT2D eigenvalue weighted by Crippen LogP contribution is -2.60. The van der Waals surface area contributed by atoms with E-state index < -0.39 is 51.8 Å². The number of benzene rings is 1. The second-order valence-corrected chi connectivity index (χ2v) is 12.6. The Hall–Kier alpha value is -3.62. The Morgan fingerprint density at radius 3 is 2.56 bits per heavy atom. The maximum Gasteiger partial charge on any atom is 0.407 e. The van der Waals surface area contributed by atoms with Gasteiger partial charge in [0.25, 0.3) is 0 Å². The summed E-state index contributed by atoms with van der Waals surface area (Å²) in [5, 5.41) is 14.5. The molecule has 222 valence electrons. The number of β-amino-alcohol motifs (C(OH)–C–C–N with tert-alkyl or cyclic N) is 1. The Kier molecular flexibility index (Phi) is 7.99. The van der Waals surface area contributed by atoms with Crippen molar-refractivity contribution in [1.82, 2.24) is 23.6 Å². The Balaban J connectivity index is 1.48. The van der Waals surface area contributed by atoms with Gasteiger partial charge in [0.1, 0.15) is 17.4 Å². The molecule has 4 heterocycles. The number of ether oxygens (including phenoxy) is 1. The molecule has 3 aromatic rings. The summed E-state index contributed by atoms with van der Waals surface area (Å²) in [6.07, 6.45) is 2.65. The molecule has 0 aliphatic carbocycles. The molecule has 1 amide bonds. The van der Waals surface area contributed by atoms with Crippen LogP contribution in [0.2, 0.25) is 0 Å². The van der Waals surface area contributed by atoms with Crippen molar-refractivity contribution < 1.29 is 27.5 Å². The lowest BCUT2D eigenvalue weighted by molar-refractivity contribution is -0.122. The van der Waals surface area contributed by atoms with Crippen LogP contribution in [-0.2, 0) is 34.4 Å². The first-order valence-corrected chi connectivity index (χ1v) is 15.2. The minimum atomic E-state index is -4.09. The maximum absolute atomic E-state index is 13.6. The highest BCUT2D eigenvalue weighted by Gasteiger charge is 2.60. The van der Waals surface area contributed by atoms with Gasteiger partial charge in [-0.2, -0.15) is 4.31 Å². The van der Waals surface area contributed by atoms with E-state index in [4.69, 9.17) is 9.15 Å². The normalized spacial score (nSPS) is 22.3. The average molecular weight is 590 g/mol. The van der Waals surface area contributed by atoms with Gasteiger partial charge in [0, 0.05) is 19.6 Å². The van der Waals surface area contributed by atoms with Gasteiger partial charge >= 0.3 is 17.5 Å². The molecule has 2 aliphatic heterocycles. The van der Waals surface area contributed by atoms with Gasteiger partial charge in [0.2, 0.25) is 10.0 Å². The minimum Gasteiger partial charge on any atom is -0.467 e. The predicted octanol–water partition coefficient (Wildman–Crippen LogP) is 1.58. The number of aromatic nitrogens is 3. The van der Waals surface area contributed by atoms with Gasteiger partial charge < -0.3 is 19.6 Å². The first kappa shape index (κ1) is 28.9. The van der Waals surface area contributed by atoms with Crippen LogP contribution in [0.3, 0.4) is 0 Å². The molecule has 1 fully saturated rings. The number of fused-ring (bicyclic) bond motifs is 3. The highest BCUT2D eigenvalue weighted by molar-refractivity contribution is 7.89. The van der Waals surface area contributed by atoms with Crippen LogP contribution in [0.5, 0.6) is 0 Å². The molecular formula is C27H35N5O8S. The lowest BCUT2D eigenvalue weighted by Gasteiger charge is -2.40. The summed E-state index contributed by atoms with van der Waals surface area (Å²) in [5.74, 6) is 0.476. The predicted molar refractivity (Wildman–Crippen MR) is 147 cm³/mol. The van der Waals surface area contributed by atoms with Crippen LogP contribution in [-0.4, -0.2) is 62.6 Å². The number of hydrogen-bond acceptors (Lipinski definition) is 8. The summed E-state index contributed by atoms with van der Waals surface area (Å²) in [7, 11) is -4.09. The molecular weight excluding hydrogens is 554 g/mol. The summed E-state index contributed by atoms with van der Waals surface area (Å²) < 4.78 is 42.5. The number of hydrogen-bond donors (Lipinski definition) is 2. The van der Waals surface area contributed by atoms with Gasteiger partial charge in [-0.15, -0.1) is 0 Å². The third-order valence-corrected chi connectivity index (χ3v) is 9.67. The molecule has 14 heteroatoms. The van der Waals surface area contributed by atoms with Gasteiger partial charge in [-0.1, -0.05) is 43.9 Å². The zero-order valence-electron chi connectivity index (χ0n) is 23.1. The quantitative estimate of drug-likeness (QED) is 0.338. The van der Waals surface area contributed by atoms with E-state index in [1.807, 2.05) is 6.92 Å². The fraction of sp³-hybridized carbons (Fsp3) is 0.519. The monoisotopic (exact) mass is 589 g/mol. The van der Waals surface area contributed by atoms with Crippen LogP contribution in [0.15, 0.2) is 61.6 Å². The van der Waals surface area contributed by atoms with E-state index in [0.29, 0.717) is 12.2 Å². The number of unbranched alkanes of at least 4 members (excludes halogenated alkanes) is 3. The highest BCUT2D eigenvalue weighted by Crippen LogP contribution is 2.40. The summed E-state index contributed by atoms with van der Waals surface area (Å²) in [4.78, 5) is 39.7. The molecule has 13 nitrogen and oxygen atoms in total. The standard InChI is InChI=1S/C27H35N5O8S/c1-3-4-5-6-13-30-25(34)31-17-23(40-24(33)28-15-20-8-7-14-39-20)27(36)18-29(16-22(27)32(31)26(30)35)41(37,38)21-11-9-19(2)10-12-21/h7-12,14,22-23,36H,3-6,13,15-18H2,1-2H3,(H,28,33)/t22-,23+,27-/m1/s1. The van der Waals surface area contributed by atoms with Crippen molar-refractivity contribution in [3.63, 3.8) is 0 Å². The molecule has 2 N–H and O–H groups in total. The number of alkyl carbamates (subject to hydrolysis) is 1. The first-order valence-electron chi connectivity index (χ1n) is 13.7. The van der Waals surface area contributed by atoms with E-state index in [1.165, 1.54) is 18.4 Å². The summed E-state index contributed by atoms with van der Waals surface area (Å²) in [6, 6.07) is 8.44. The molecule has 3 atom stereocenters. The maximum atomic E-state index is 13.6. The Morgan fingerprint density at radius 2 is 1.88 bits per heavy atom. The fourth-order valence-electron chi connectivity index (χ4n) is 5.54. The number of carbonyl (C=O) groups is 1. The van der Waals surface area contributed by atoms with Crippen LogP contribution < -0.4 is 16.7 Å². The molecule has 1 saturated heterocycles. The molecule has 0 spiro atoms. The Labute approximate surface area is 237 Å². The topological polar surface area (TPSA) is 158 Å². The van der Waals surface area contributed by atoms with Gasteiger partial charge in [-0.25, -0.2) is 36.7 Å². The van der Waals surface area contributed by atoms with Crippen LogP contribution in [0.25, 0.3) is 0 Å². The number of sulfonamides is 1. The fourth-order valence-corrected chi connectivity index (χ4v) is 7.04. The second kappa shape index (κ2) is 11.3. The molecule has 0 bridgehead atoms. The molecule has 2 aliphatic rings. The first-order chi connectivity index (χ1) is 19.6. The Bertz CT molecular complexity index is 1610. The number of nitrogens with one attached hydrogen (secondary N) is 1. The summed E-state index contributed by atoms with van der Waals surface area (Å²) >= 11 is 0. The van der Waals surface area contributed by atoms with Crippen molar-refractivity contribution in [3.8, 4) is 0 Å². The van der Waals surface area contributed by atoms with E-state index >= 15 is 0 Å². The van der Waals surface area contributed by atoms with E-state index in [1.54, 1.807) is 24.3 Å².